The molecule has 0 saturated heterocycles. The van der Waals surface area contributed by atoms with Gasteiger partial charge >= 0.3 is 0 Å². The Kier molecular flexibility index (Phi) is 4.99. The minimum atomic E-state index is 0.430. The van der Waals surface area contributed by atoms with Gasteiger partial charge in [-0.15, -0.1) is 0 Å². The van der Waals surface area contributed by atoms with E-state index in [4.69, 9.17) is 52.1 Å². The second kappa shape index (κ2) is 6.34. The van der Waals surface area contributed by atoms with Crippen LogP contribution in [-0.2, 0) is 6.42 Å². The summed E-state index contributed by atoms with van der Waals surface area (Å²) in [7, 11) is 0. The monoisotopic (exact) mass is 333 g/mol. The van der Waals surface area contributed by atoms with Gasteiger partial charge in [0.15, 0.2) is 0 Å². The minimum absolute atomic E-state index is 0.430. The van der Waals surface area contributed by atoms with Crippen LogP contribution in [0.4, 0.5) is 0 Å². The molecular weight excluding hydrogens is 324 g/mol. The van der Waals surface area contributed by atoms with Gasteiger partial charge in [-0.05, 0) is 48.4 Å². The van der Waals surface area contributed by atoms with Crippen molar-refractivity contribution < 1.29 is 0 Å². The second-order valence-corrected chi connectivity index (χ2v) is 5.79. The second-order valence-electron chi connectivity index (χ2n) is 4.13. The van der Waals surface area contributed by atoms with Crippen LogP contribution in [-0.4, -0.2) is 6.54 Å². The lowest BCUT2D eigenvalue weighted by atomic mass is 10.0. The van der Waals surface area contributed by atoms with E-state index in [0.29, 0.717) is 26.6 Å². The van der Waals surface area contributed by atoms with E-state index in [-0.39, 0.29) is 0 Å². The maximum atomic E-state index is 6.21. The Labute approximate surface area is 132 Å². The molecule has 0 heterocycles. The predicted octanol–water partition coefficient (Wildman–Crippen LogP) is 5.47. The van der Waals surface area contributed by atoms with Crippen LogP contribution in [0.25, 0.3) is 11.1 Å². The van der Waals surface area contributed by atoms with Crippen LogP contribution in [0.1, 0.15) is 5.56 Å². The molecular formula is C14H11Cl4N. The molecule has 0 saturated carbocycles. The molecule has 2 aromatic carbocycles. The van der Waals surface area contributed by atoms with Gasteiger partial charge in [-0.3, -0.25) is 0 Å². The molecule has 0 radical (unpaired) electrons. The van der Waals surface area contributed by atoms with E-state index in [1.54, 1.807) is 12.1 Å². The van der Waals surface area contributed by atoms with Crippen molar-refractivity contribution in [3.8, 4) is 11.1 Å². The summed E-state index contributed by atoms with van der Waals surface area (Å²) >= 11 is 24.3. The first-order valence-electron chi connectivity index (χ1n) is 5.65. The molecule has 0 amide bonds. The summed E-state index contributed by atoms with van der Waals surface area (Å²) in [6.45, 7) is 0.564. The fourth-order valence-corrected chi connectivity index (χ4v) is 2.77. The van der Waals surface area contributed by atoms with Crippen molar-refractivity contribution in [1.82, 2.24) is 0 Å². The van der Waals surface area contributed by atoms with Crippen LogP contribution in [0.3, 0.4) is 0 Å². The van der Waals surface area contributed by atoms with Crippen molar-refractivity contribution in [3.05, 3.63) is 56.0 Å². The van der Waals surface area contributed by atoms with Gasteiger partial charge in [-0.1, -0.05) is 52.5 Å². The molecule has 0 unspecified atom stereocenters. The Bertz CT molecular complexity index is 611. The molecule has 0 aliphatic heterocycles. The molecule has 0 spiro atoms. The van der Waals surface area contributed by atoms with Gasteiger partial charge in [0.2, 0.25) is 0 Å². The minimum Gasteiger partial charge on any atom is -0.330 e. The molecule has 1 nitrogen and oxygen atoms in total. The quantitative estimate of drug-likeness (QED) is 0.740. The summed E-state index contributed by atoms with van der Waals surface area (Å²) in [6, 6.07) is 9.11. The molecule has 0 aliphatic carbocycles. The first-order chi connectivity index (χ1) is 9.01. The zero-order valence-electron chi connectivity index (χ0n) is 9.89. The largest absolute Gasteiger partial charge is 0.330 e. The standard InChI is InChI=1S/C14H11Cl4N/c15-10-4-8(1-2-19)3-9(5-10)11-6-13(17)14(18)7-12(11)16/h3-7H,1-2,19H2. The molecule has 0 bridgehead atoms. The fraction of sp³-hybridized carbons (Fsp3) is 0.143. The number of rotatable bonds is 3. The third-order valence-electron chi connectivity index (χ3n) is 2.71. The van der Waals surface area contributed by atoms with Crippen LogP contribution in [0.2, 0.25) is 20.1 Å². The van der Waals surface area contributed by atoms with Crippen molar-refractivity contribution in [2.24, 2.45) is 5.73 Å². The highest BCUT2D eigenvalue weighted by molar-refractivity contribution is 6.44. The maximum Gasteiger partial charge on any atom is 0.0607 e. The zero-order chi connectivity index (χ0) is 14.0. The van der Waals surface area contributed by atoms with Crippen molar-refractivity contribution in [1.29, 1.82) is 0 Å². The first kappa shape index (κ1) is 15.0. The third kappa shape index (κ3) is 3.56. The summed E-state index contributed by atoms with van der Waals surface area (Å²) in [5.74, 6) is 0. The van der Waals surface area contributed by atoms with Crippen LogP contribution in [0.15, 0.2) is 30.3 Å². The molecule has 0 atom stereocenters. The van der Waals surface area contributed by atoms with Gasteiger partial charge in [-0.2, -0.15) is 0 Å². The normalized spacial score (nSPS) is 10.8. The molecule has 0 aromatic heterocycles. The third-order valence-corrected chi connectivity index (χ3v) is 3.96. The average Bonchev–Trinajstić information content (AvgIpc) is 2.33. The Hall–Kier alpha value is -0.440. The van der Waals surface area contributed by atoms with Crippen molar-refractivity contribution in [2.45, 2.75) is 6.42 Å². The number of hydrogen-bond acceptors (Lipinski definition) is 1. The van der Waals surface area contributed by atoms with Crippen molar-refractivity contribution in [3.63, 3.8) is 0 Å². The van der Waals surface area contributed by atoms with Gasteiger partial charge in [0.05, 0.1) is 10.0 Å². The van der Waals surface area contributed by atoms with E-state index in [9.17, 15) is 0 Å². The van der Waals surface area contributed by atoms with E-state index >= 15 is 0 Å². The molecule has 2 N–H and O–H groups in total. The molecule has 0 aliphatic rings. The van der Waals surface area contributed by atoms with Crippen molar-refractivity contribution in [2.75, 3.05) is 6.54 Å². The molecule has 100 valence electrons. The van der Waals surface area contributed by atoms with Crippen molar-refractivity contribution >= 4 is 46.4 Å². The zero-order valence-corrected chi connectivity index (χ0v) is 12.9. The molecule has 2 aromatic rings. The lowest BCUT2D eigenvalue weighted by Crippen LogP contribution is -2.02. The fourth-order valence-electron chi connectivity index (χ4n) is 1.86. The van der Waals surface area contributed by atoms with Gasteiger partial charge in [-0.25, -0.2) is 0 Å². The summed E-state index contributed by atoms with van der Waals surface area (Å²) in [5, 5.41) is 2.07. The predicted molar refractivity (Wildman–Crippen MR) is 84.7 cm³/mol. The topological polar surface area (TPSA) is 26.0 Å². The smallest absolute Gasteiger partial charge is 0.0607 e. The summed E-state index contributed by atoms with van der Waals surface area (Å²) in [5.41, 5.74) is 8.33. The number of hydrogen-bond donors (Lipinski definition) is 1. The maximum absolute atomic E-state index is 6.21. The Morgan fingerprint density at radius 3 is 2.16 bits per heavy atom. The lowest BCUT2D eigenvalue weighted by molar-refractivity contribution is 0.969. The highest BCUT2D eigenvalue weighted by Gasteiger charge is 2.10. The number of benzene rings is 2. The highest BCUT2D eigenvalue weighted by Crippen LogP contribution is 2.36. The van der Waals surface area contributed by atoms with E-state index in [2.05, 4.69) is 0 Å². The summed E-state index contributed by atoms with van der Waals surface area (Å²) in [4.78, 5) is 0. The summed E-state index contributed by atoms with van der Waals surface area (Å²) in [6.07, 6.45) is 0.756. The summed E-state index contributed by atoms with van der Waals surface area (Å²) < 4.78 is 0. The Morgan fingerprint density at radius 2 is 1.47 bits per heavy atom. The average molecular weight is 335 g/mol. The SMILES string of the molecule is NCCc1cc(Cl)cc(-c2cc(Cl)c(Cl)cc2Cl)c1. The van der Waals surface area contributed by atoms with Gasteiger partial charge in [0.25, 0.3) is 0 Å². The molecule has 19 heavy (non-hydrogen) atoms. The van der Waals surface area contributed by atoms with Crippen LogP contribution in [0, 0.1) is 0 Å². The first-order valence-corrected chi connectivity index (χ1v) is 7.17. The number of nitrogens with two attached hydrogens (primary N) is 1. The van der Waals surface area contributed by atoms with Gasteiger partial charge < -0.3 is 5.73 Å². The van der Waals surface area contributed by atoms with Gasteiger partial charge in [0.1, 0.15) is 0 Å². The van der Waals surface area contributed by atoms with Crippen LogP contribution < -0.4 is 5.73 Å². The van der Waals surface area contributed by atoms with E-state index in [1.165, 1.54) is 0 Å². The van der Waals surface area contributed by atoms with E-state index in [0.717, 1.165) is 23.1 Å². The number of halogens is 4. The molecule has 0 fully saturated rings. The lowest BCUT2D eigenvalue weighted by Gasteiger charge is -2.09. The Morgan fingerprint density at radius 1 is 0.789 bits per heavy atom. The van der Waals surface area contributed by atoms with Crippen LogP contribution >= 0.6 is 46.4 Å². The Balaban J connectivity index is 2.55. The highest BCUT2D eigenvalue weighted by atomic mass is 35.5. The molecule has 5 heteroatoms. The van der Waals surface area contributed by atoms with Gasteiger partial charge in [0, 0.05) is 15.6 Å². The molecule has 2 rings (SSSR count). The van der Waals surface area contributed by atoms with Crippen LogP contribution in [0.5, 0.6) is 0 Å². The van der Waals surface area contributed by atoms with E-state index in [1.807, 2.05) is 18.2 Å². The van der Waals surface area contributed by atoms with E-state index < -0.39 is 0 Å².